The van der Waals surface area contributed by atoms with E-state index in [9.17, 15) is 4.79 Å². The minimum Gasteiger partial charge on any atom is -0.385 e. The number of hydrogen-bond acceptors (Lipinski definition) is 4. The number of nitrogens with zero attached hydrogens (tertiary/aromatic N) is 1. The van der Waals surface area contributed by atoms with Gasteiger partial charge in [-0.1, -0.05) is 0 Å². The Balaban J connectivity index is 1.94. The standard InChI is InChI=1S/C15H28N2O3/c1-19-8-3-6-17(7-9-20-2)15(18)13-11-4-5-12(10-11)14(13)16/h11-14H,3-10,16H2,1-2H3. The zero-order valence-corrected chi connectivity index (χ0v) is 12.7. The van der Waals surface area contributed by atoms with Crippen molar-refractivity contribution in [2.75, 3.05) is 40.5 Å². The molecule has 20 heavy (non-hydrogen) atoms. The first-order chi connectivity index (χ1) is 9.69. The molecule has 5 heteroatoms. The Kier molecular flexibility index (Phi) is 5.81. The highest BCUT2D eigenvalue weighted by Crippen LogP contribution is 2.48. The van der Waals surface area contributed by atoms with Crippen molar-refractivity contribution in [1.82, 2.24) is 4.90 Å². The molecule has 0 saturated heterocycles. The molecule has 2 N–H and O–H groups in total. The van der Waals surface area contributed by atoms with Crippen molar-refractivity contribution in [2.24, 2.45) is 23.5 Å². The second kappa shape index (κ2) is 7.38. The van der Waals surface area contributed by atoms with E-state index in [0.717, 1.165) is 19.4 Å². The summed E-state index contributed by atoms with van der Waals surface area (Å²) in [5.74, 6) is 1.35. The zero-order chi connectivity index (χ0) is 14.5. The van der Waals surface area contributed by atoms with Crippen LogP contribution in [0.1, 0.15) is 25.7 Å². The van der Waals surface area contributed by atoms with Crippen LogP contribution in [0.2, 0.25) is 0 Å². The van der Waals surface area contributed by atoms with Crippen molar-refractivity contribution < 1.29 is 14.3 Å². The Bertz CT molecular complexity index is 322. The molecule has 0 aliphatic heterocycles. The SMILES string of the molecule is COCCCN(CCOC)C(=O)C1C2CCC(C2)C1N. The van der Waals surface area contributed by atoms with Gasteiger partial charge in [-0.2, -0.15) is 0 Å². The Labute approximate surface area is 121 Å². The van der Waals surface area contributed by atoms with Crippen LogP contribution in [0.25, 0.3) is 0 Å². The Morgan fingerprint density at radius 1 is 1.15 bits per heavy atom. The van der Waals surface area contributed by atoms with Gasteiger partial charge in [0, 0.05) is 40.0 Å². The predicted octanol–water partition coefficient (Wildman–Crippen LogP) is 0.871. The van der Waals surface area contributed by atoms with Crippen molar-refractivity contribution in [2.45, 2.75) is 31.7 Å². The van der Waals surface area contributed by atoms with Crippen LogP contribution < -0.4 is 5.73 Å². The molecule has 2 bridgehead atoms. The molecule has 0 spiro atoms. The second-order valence-electron chi connectivity index (χ2n) is 6.10. The normalized spacial score (nSPS) is 31.8. The summed E-state index contributed by atoms with van der Waals surface area (Å²) in [6.45, 7) is 2.64. The van der Waals surface area contributed by atoms with Gasteiger partial charge in [-0.05, 0) is 37.5 Å². The van der Waals surface area contributed by atoms with Crippen LogP contribution in [0.3, 0.4) is 0 Å². The number of hydrogen-bond donors (Lipinski definition) is 1. The summed E-state index contributed by atoms with van der Waals surface area (Å²) in [6, 6.07) is 0.0636. The Morgan fingerprint density at radius 2 is 1.85 bits per heavy atom. The molecule has 2 aliphatic carbocycles. The quantitative estimate of drug-likeness (QED) is 0.672. The molecular weight excluding hydrogens is 256 g/mol. The minimum absolute atomic E-state index is 0.0353. The smallest absolute Gasteiger partial charge is 0.227 e. The number of amides is 1. The van der Waals surface area contributed by atoms with Gasteiger partial charge in [0.05, 0.1) is 12.5 Å². The first-order valence-electron chi connectivity index (χ1n) is 7.71. The zero-order valence-electron chi connectivity index (χ0n) is 12.7. The van der Waals surface area contributed by atoms with Crippen LogP contribution in [0, 0.1) is 17.8 Å². The fourth-order valence-electron chi connectivity index (χ4n) is 3.85. The summed E-state index contributed by atoms with van der Waals surface area (Å²) < 4.78 is 10.2. The molecule has 4 unspecified atom stereocenters. The fourth-order valence-corrected chi connectivity index (χ4v) is 3.85. The van der Waals surface area contributed by atoms with Crippen molar-refractivity contribution >= 4 is 5.91 Å². The van der Waals surface area contributed by atoms with Crippen LogP contribution >= 0.6 is 0 Å². The molecule has 2 saturated carbocycles. The number of carbonyl (C=O) groups is 1. The summed E-state index contributed by atoms with van der Waals surface area (Å²) >= 11 is 0. The minimum atomic E-state index is 0.0353. The molecule has 0 aromatic carbocycles. The highest BCUT2D eigenvalue weighted by molar-refractivity contribution is 5.80. The number of ether oxygens (including phenoxy) is 2. The van der Waals surface area contributed by atoms with Gasteiger partial charge in [-0.25, -0.2) is 0 Å². The lowest BCUT2D eigenvalue weighted by atomic mass is 9.84. The van der Waals surface area contributed by atoms with Gasteiger partial charge < -0.3 is 20.1 Å². The van der Waals surface area contributed by atoms with Gasteiger partial charge in [-0.15, -0.1) is 0 Å². The maximum Gasteiger partial charge on any atom is 0.227 e. The third-order valence-electron chi connectivity index (χ3n) is 4.92. The lowest BCUT2D eigenvalue weighted by Crippen LogP contribution is -2.48. The third kappa shape index (κ3) is 3.32. The highest BCUT2D eigenvalue weighted by atomic mass is 16.5. The summed E-state index contributed by atoms with van der Waals surface area (Å²) in [7, 11) is 3.36. The van der Waals surface area contributed by atoms with Gasteiger partial charge in [-0.3, -0.25) is 4.79 Å². The van der Waals surface area contributed by atoms with E-state index in [4.69, 9.17) is 15.2 Å². The van der Waals surface area contributed by atoms with Gasteiger partial charge in [0.25, 0.3) is 0 Å². The molecule has 4 atom stereocenters. The van der Waals surface area contributed by atoms with Crippen molar-refractivity contribution in [3.05, 3.63) is 0 Å². The summed E-state index contributed by atoms with van der Waals surface area (Å²) in [4.78, 5) is 14.7. The maximum atomic E-state index is 12.8. The summed E-state index contributed by atoms with van der Waals surface area (Å²) in [5, 5.41) is 0. The van der Waals surface area contributed by atoms with E-state index in [1.807, 2.05) is 4.90 Å². The van der Waals surface area contributed by atoms with E-state index in [-0.39, 0.29) is 17.9 Å². The van der Waals surface area contributed by atoms with E-state index >= 15 is 0 Å². The van der Waals surface area contributed by atoms with Crippen LogP contribution in [-0.2, 0) is 14.3 Å². The van der Waals surface area contributed by atoms with E-state index in [1.54, 1.807) is 14.2 Å². The number of rotatable bonds is 8. The summed E-state index contributed by atoms with van der Waals surface area (Å²) in [6.07, 6.45) is 4.39. The molecule has 2 fully saturated rings. The van der Waals surface area contributed by atoms with Gasteiger partial charge >= 0.3 is 0 Å². The van der Waals surface area contributed by atoms with Crippen molar-refractivity contribution in [3.63, 3.8) is 0 Å². The maximum absolute atomic E-state index is 12.8. The van der Waals surface area contributed by atoms with Gasteiger partial charge in [0.15, 0.2) is 0 Å². The molecule has 0 radical (unpaired) electrons. The monoisotopic (exact) mass is 284 g/mol. The molecular formula is C15H28N2O3. The molecule has 0 heterocycles. The van der Waals surface area contributed by atoms with E-state index in [0.29, 0.717) is 31.6 Å². The lowest BCUT2D eigenvalue weighted by molar-refractivity contribution is -0.138. The molecule has 1 amide bonds. The van der Waals surface area contributed by atoms with E-state index in [1.165, 1.54) is 12.8 Å². The number of nitrogens with two attached hydrogens (primary N) is 1. The Morgan fingerprint density at radius 3 is 2.45 bits per heavy atom. The van der Waals surface area contributed by atoms with Gasteiger partial charge in [0.2, 0.25) is 5.91 Å². The fraction of sp³-hybridized carbons (Fsp3) is 0.933. The van der Waals surface area contributed by atoms with Gasteiger partial charge in [0.1, 0.15) is 0 Å². The largest absolute Gasteiger partial charge is 0.385 e. The molecule has 116 valence electrons. The molecule has 5 nitrogen and oxygen atoms in total. The van der Waals surface area contributed by atoms with Crippen molar-refractivity contribution in [3.8, 4) is 0 Å². The molecule has 2 aliphatic rings. The highest BCUT2D eigenvalue weighted by Gasteiger charge is 2.49. The molecule has 0 aromatic rings. The first kappa shape index (κ1) is 15.7. The molecule has 2 rings (SSSR count). The lowest BCUT2D eigenvalue weighted by Gasteiger charge is -2.32. The van der Waals surface area contributed by atoms with E-state index < -0.39 is 0 Å². The average molecular weight is 284 g/mol. The summed E-state index contributed by atoms with van der Waals surface area (Å²) in [5.41, 5.74) is 6.28. The second-order valence-corrected chi connectivity index (χ2v) is 6.10. The third-order valence-corrected chi connectivity index (χ3v) is 4.92. The molecule has 0 aromatic heterocycles. The Hall–Kier alpha value is -0.650. The number of fused-ring (bicyclic) bond motifs is 2. The topological polar surface area (TPSA) is 64.8 Å². The number of carbonyl (C=O) groups excluding carboxylic acids is 1. The van der Waals surface area contributed by atoms with Crippen LogP contribution in [0.4, 0.5) is 0 Å². The predicted molar refractivity (Wildman–Crippen MR) is 77.2 cm³/mol. The van der Waals surface area contributed by atoms with Crippen molar-refractivity contribution in [1.29, 1.82) is 0 Å². The average Bonchev–Trinajstić information content (AvgIpc) is 3.03. The van der Waals surface area contributed by atoms with Crippen LogP contribution in [-0.4, -0.2) is 57.4 Å². The number of methoxy groups -OCH3 is 2. The van der Waals surface area contributed by atoms with Crippen LogP contribution in [0.5, 0.6) is 0 Å². The first-order valence-corrected chi connectivity index (χ1v) is 7.71. The van der Waals surface area contributed by atoms with E-state index in [2.05, 4.69) is 0 Å². The van der Waals surface area contributed by atoms with Crippen LogP contribution in [0.15, 0.2) is 0 Å².